The van der Waals surface area contributed by atoms with Gasteiger partial charge in [-0.2, -0.15) is 8.42 Å². The van der Waals surface area contributed by atoms with Gasteiger partial charge < -0.3 is 13.8 Å². The van der Waals surface area contributed by atoms with Gasteiger partial charge in [0.15, 0.2) is 0 Å². The van der Waals surface area contributed by atoms with E-state index in [1.165, 1.54) is 0 Å². The van der Waals surface area contributed by atoms with Crippen molar-refractivity contribution >= 4 is 16.0 Å². The second kappa shape index (κ2) is 9.03. The highest BCUT2D eigenvalue weighted by Gasteiger charge is 2.20. The highest BCUT2D eigenvalue weighted by molar-refractivity contribution is 7.87. The van der Waals surface area contributed by atoms with Crippen LogP contribution in [0.3, 0.4) is 0 Å². The summed E-state index contributed by atoms with van der Waals surface area (Å²) in [5, 5.41) is -0.623. The van der Waals surface area contributed by atoms with Crippen molar-refractivity contribution in [3.63, 3.8) is 0 Å². The fourth-order valence-electron chi connectivity index (χ4n) is 1.98. The Morgan fingerprint density at radius 1 is 1.21 bits per heavy atom. The van der Waals surface area contributed by atoms with E-state index in [9.17, 15) is 13.2 Å². The van der Waals surface area contributed by atoms with Gasteiger partial charge in [0.2, 0.25) is 5.91 Å². The molecule has 136 valence electrons. The third-order valence-electron chi connectivity index (χ3n) is 3.43. The molecule has 1 aromatic rings. The summed E-state index contributed by atoms with van der Waals surface area (Å²) in [7, 11) is -2.05. The van der Waals surface area contributed by atoms with Crippen molar-refractivity contribution in [1.82, 2.24) is 4.90 Å². The lowest BCUT2D eigenvalue weighted by Crippen LogP contribution is -2.36. The summed E-state index contributed by atoms with van der Waals surface area (Å²) in [6.45, 7) is 8.10. The quantitative estimate of drug-likeness (QED) is 0.635. The van der Waals surface area contributed by atoms with Crippen molar-refractivity contribution in [3.05, 3.63) is 29.8 Å². The van der Waals surface area contributed by atoms with Crippen LogP contribution in [0.4, 0.5) is 0 Å². The van der Waals surface area contributed by atoms with Crippen LogP contribution in [0.25, 0.3) is 0 Å². The van der Waals surface area contributed by atoms with E-state index in [1.54, 1.807) is 44.1 Å². The Balaban J connectivity index is 2.92. The number of hydrogen-bond donors (Lipinski definition) is 0. The second-order valence-electron chi connectivity index (χ2n) is 6.18. The Kier molecular flexibility index (Phi) is 7.69. The molecular weight excluding hydrogens is 330 g/mol. The van der Waals surface area contributed by atoms with Crippen LogP contribution in [0.15, 0.2) is 24.3 Å². The van der Waals surface area contributed by atoms with E-state index in [2.05, 4.69) is 0 Å². The molecule has 7 heteroatoms. The standard InChI is InChI=1S/C17H27NO5S/c1-13(2)17(19)18(9-10-22-5)12-15-7-6-8-16(11-15)23-24(20,21)14(3)4/h6-8,11,13-14H,9-10,12H2,1-5H3. The maximum Gasteiger partial charge on any atom is 0.311 e. The molecule has 0 atom stereocenters. The zero-order valence-electron chi connectivity index (χ0n) is 15.0. The average Bonchev–Trinajstić information content (AvgIpc) is 2.50. The lowest BCUT2D eigenvalue weighted by molar-refractivity contribution is -0.135. The van der Waals surface area contributed by atoms with Crippen LogP contribution in [0.5, 0.6) is 5.75 Å². The molecule has 0 bridgehead atoms. The van der Waals surface area contributed by atoms with Gasteiger partial charge in [-0.05, 0) is 31.5 Å². The molecule has 0 spiro atoms. The molecule has 0 aliphatic rings. The molecule has 24 heavy (non-hydrogen) atoms. The third kappa shape index (κ3) is 6.13. The molecule has 0 heterocycles. The predicted octanol–water partition coefficient (Wildman–Crippen LogP) is 2.43. The van der Waals surface area contributed by atoms with Crippen LogP contribution >= 0.6 is 0 Å². The van der Waals surface area contributed by atoms with Crippen molar-refractivity contribution in [1.29, 1.82) is 0 Å². The minimum absolute atomic E-state index is 0.0215. The maximum atomic E-state index is 12.3. The van der Waals surface area contributed by atoms with Crippen LogP contribution in [0, 0.1) is 5.92 Å². The molecule has 6 nitrogen and oxygen atoms in total. The van der Waals surface area contributed by atoms with Crippen LogP contribution < -0.4 is 4.18 Å². The first-order valence-corrected chi connectivity index (χ1v) is 9.44. The van der Waals surface area contributed by atoms with Crippen molar-refractivity contribution in [2.24, 2.45) is 5.92 Å². The number of rotatable bonds is 9. The van der Waals surface area contributed by atoms with Crippen LogP contribution in [0.1, 0.15) is 33.3 Å². The molecule has 0 N–H and O–H groups in total. The minimum Gasteiger partial charge on any atom is -0.383 e. The van der Waals surface area contributed by atoms with Crippen LogP contribution in [-0.2, 0) is 26.2 Å². The monoisotopic (exact) mass is 357 g/mol. The Labute approximate surface area is 144 Å². The zero-order valence-corrected chi connectivity index (χ0v) is 15.8. The number of benzene rings is 1. The van der Waals surface area contributed by atoms with E-state index >= 15 is 0 Å². The molecule has 1 aromatic carbocycles. The number of methoxy groups -OCH3 is 1. The summed E-state index contributed by atoms with van der Waals surface area (Å²) in [6.07, 6.45) is 0. The lowest BCUT2D eigenvalue weighted by Gasteiger charge is -2.24. The van der Waals surface area contributed by atoms with Gasteiger partial charge in [0.1, 0.15) is 5.75 Å². The fraction of sp³-hybridized carbons (Fsp3) is 0.588. The molecular formula is C17H27NO5S. The van der Waals surface area contributed by atoms with E-state index in [4.69, 9.17) is 8.92 Å². The smallest absolute Gasteiger partial charge is 0.311 e. The van der Waals surface area contributed by atoms with E-state index in [1.807, 2.05) is 19.9 Å². The number of ether oxygens (including phenoxy) is 1. The van der Waals surface area contributed by atoms with Crippen molar-refractivity contribution in [3.8, 4) is 5.75 Å². The molecule has 1 rings (SSSR count). The van der Waals surface area contributed by atoms with Gasteiger partial charge in [-0.15, -0.1) is 0 Å². The number of hydrogen-bond acceptors (Lipinski definition) is 5. The molecule has 0 radical (unpaired) electrons. The molecule has 1 amide bonds. The zero-order chi connectivity index (χ0) is 18.3. The summed E-state index contributed by atoms with van der Waals surface area (Å²) in [6, 6.07) is 6.79. The highest BCUT2D eigenvalue weighted by atomic mass is 32.2. The number of carbonyl (C=O) groups excluding carboxylic acids is 1. The summed E-state index contributed by atoms with van der Waals surface area (Å²) in [4.78, 5) is 14.0. The topological polar surface area (TPSA) is 72.9 Å². The van der Waals surface area contributed by atoms with Crippen LogP contribution in [-0.4, -0.2) is 44.7 Å². The maximum absolute atomic E-state index is 12.3. The second-order valence-corrected chi connectivity index (χ2v) is 8.27. The predicted molar refractivity (Wildman–Crippen MR) is 93.3 cm³/mol. The van der Waals surface area contributed by atoms with Gasteiger partial charge in [0.25, 0.3) is 0 Å². The Bertz CT molecular complexity index is 640. The van der Waals surface area contributed by atoms with E-state index in [-0.39, 0.29) is 17.6 Å². The highest BCUT2D eigenvalue weighted by Crippen LogP contribution is 2.19. The number of carbonyl (C=O) groups is 1. The molecule has 0 saturated heterocycles. The van der Waals surface area contributed by atoms with Gasteiger partial charge in [-0.1, -0.05) is 26.0 Å². The summed E-state index contributed by atoms with van der Waals surface area (Å²) < 4.78 is 33.9. The number of amides is 1. The Morgan fingerprint density at radius 3 is 2.42 bits per heavy atom. The fourth-order valence-corrected chi connectivity index (χ4v) is 2.54. The van der Waals surface area contributed by atoms with E-state index < -0.39 is 15.4 Å². The first kappa shape index (κ1) is 20.4. The van der Waals surface area contributed by atoms with E-state index in [0.29, 0.717) is 19.7 Å². The third-order valence-corrected chi connectivity index (χ3v) is 5.01. The Morgan fingerprint density at radius 2 is 1.88 bits per heavy atom. The van der Waals surface area contributed by atoms with Crippen molar-refractivity contribution in [2.75, 3.05) is 20.3 Å². The van der Waals surface area contributed by atoms with Crippen LogP contribution in [0.2, 0.25) is 0 Å². The molecule has 0 aliphatic carbocycles. The molecule has 0 aliphatic heterocycles. The number of nitrogens with zero attached hydrogens (tertiary/aromatic N) is 1. The Hall–Kier alpha value is -1.60. The van der Waals surface area contributed by atoms with Crippen molar-refractivity contribution < 1.29 is 22.1 Å². The summed E-state index contributed by atoms with van der Waals surface area (Å²) >= 11 is 0. The lowest BCUT2D eigenvalue weighted by atomic mass is 10.1. The normalized spacial score (nSPS) is 11.8. The van der Waals surface area contributed by atoms with Gasteiger partial charge >= 0.3 is 10.1 Å². The minimum atomic E-state index is -3.64. The summed E-state index contributed by atoms with van der Waals surface area (Å²) in [5.41, 5.74) is 0.802. The first-order valence-electron chi connectivity index (χ1n) is 7.97. The summed E-state index contributed by atoms with van der Waals surface area (Å²) in [5.74, 6) is 0.153. The van der Waals surface area contributed by atoms with Crippen molar-refractivity contribution in [2.45, 2.75) is 39.5 Å². The molecule has 0 unspecified atom stereocenters. The molecule has 0 aromatic heterocycles. The van der Waals surface area contributed by atoms with E-state index in [0.717, 1.165) is 5.56 Å². The molecule has 0 saturated carbocycles. The SMILES string of the molecule is COCCN(Cc1cccc(OS(=O)(=O)C(C)C)c1)C(=O)C(C)C. The van der Waals surface area contributed by atoms with Gasteiger partial charge in [-0.25, -0.2) is 0 Å². The van der Waals surface area contributed by atoms with Gasteiger partial charge in [-0.3, -0.25) is 4.79 Å². The van der Waals surface area contributed by atoms with Gasteiger partial charge in [0, 0.05) is 26.1 Å². The molecule has 0 fully saturated rings. The first-order chi connectivity index (χ1) is 11.2. The largest absolute Gasteiger partial charge is 0.383 e. The van der Waals surface area contributed by atoms with Gasteiger partial charge in [0.05, 0.1) is 11.9 Å². The average molecular weight is 357 g/mol.